The van der Waals surface area contributed by atoms with Gasteiger partial charge in [0.1, 0.15) is 5.82 Å². The van der Waals surface area contributed by atoms with Gasteiger partial charge in [-0.15, -0.1) is 0 Å². The highest BCUT2D eigenvalue weighted by molar-refractivity contribution is 5.92. The molecule has 4 nitrogen and oxygen atoms in total. The lowest BCUT2D eigenvalue weighted by atomic mass is 10.1. The van der Waals surface area contributed by atoms with E-state index in [1.54, 1.807) is 18.2 Å². The molecule has 2 unspecified atom stereocenters. The maximum absolute atomic E-state index is 13.6. The summed E-state index contributed by atoms with van der Waals surface area (Å²) in [7, 11) is 0. The molecule has 0 spiro atoms. The molecule has 5 heteroatoms. The van der Waals surface area contributed by atoms with Crippen molar-refractivity contribution in [1.82, 2.24) is 5.32 Å². The average Bonchev–Trinajstić information content (AvgIpc) is 2.66. The maximum atomic E-state index is 13.6. The smallest absolute Gasteiger partial charge is 0.244 e. The molecule has 148 valence electrons. The van der Waals surface area contributed by atoms with Crippen LogP contribution in [-0.4, -0.2) is 31.2 Å². The zero-order valence-corrected chi connectivity index (χ0v) is 16.6. The van der Waals surface area contributed by atoms with Gasteiger partial charge in [0.2, 0.25) is 5.91 Å². The van der Waals surface area contributed by atoms with Gasteiger partial charge >= 0.3 is 0 Å². The SMILES string of the molecule is CC1CN(c2cccc([C@H](C)NC(=O)/C=C/c3ccccc3F)c2)CC(C)O1. The molecule has 0 saturated carbocycles. The molecule has 1 amide bonds. The van der Waals surface area contributed by atoms with Crippen molar-refractivity contribution in [3.63, 3.8) is 0 Å². The van der Waals surface area contributed by atoms with E-state index in [-0.39, 0.29) is 30.0 Å². The van der Waals surface area contributed by atoms with Crippen LogP contribution in [0.1, 0.15) is 37.9 Å². The lowest BCUT2D eigenvalue weighted by molar-refractivity contribution is -0.117. The molecule has 1 heterocycles. The summed E-state index contributed by atoms with van der Waals surface area (Å²) in [6.07, 6.45) is 3.23. The fourth-order valence-electron chi connectivity index (χ4n) is 3.50. The maximum Gasteiger partial charge on any atom is 0.244 e. The Labute approximate surface area is 166 Å². The Hall–Kier alpha value is -2.66. The summed E-state index contributed by atoms with van der Waals surface area (Å²) in [5.41, 5.74) is 2.54. The minimum Gasteiger partial charge on any atom is -0.372 e. The molecule has 28 heavy (non-hydrogen) atoms. The van der Waals surface area contributed by atoms with Gasteiger partial charge in [0, 0.05) is 30.4 Å². The van der Waals surface area contributed by atoms with Crippen molar-refractivity contribution in [2.24, 2.45) is 0 Å². The van der Waals surface area contributed by atoms with Gasteiger partial charge in [-0.2, -0.15) is 0 Å². The van der Waals surface area contributed by atoms with Gasteiger partial charge in [0.05, 0.1) is 18.2 Å². The van der Waals surface area contributed by atoms with E-state index in [4.69, 9.17) is 4.74 Å². The van der Waals surface area contributed by atoms with Crippen LogP contribution >= 0.6 is 0 Å². The molecule has 3 rings (SSSR count). The van der Waals surface area contributed by atoms with E-state index in [2.05, 4.69) is 36.2 Å². The summed E-state index contributed by atoms with van der Waals surface area (Å²) in [5, 5.41) is 2.94. The fourth-order valence-corrected chi connectivity index (χ4v) is 3.50. The van der Waals surface area contributed by atoms with E-state index in [9.17, 15) is 9.18 Å². The normalized spacial score (nSPS) is 20.9. The molecule has 1 aliphatic heterocycles. The number of nitrogens with one attached hydrogen (secondary N) is 1. The van der Waals surface area contributed by atoms with Crippen molar-refractivity contribution in [2.75, 3.05) is 18.0 Å². The van der Waals surface area contributed by atoms with E-state index >= 15 is 0 Å². The van der Waals surface area contributed by atoms with E-state index in [1.807, 2.05) is 19.1 Å². The minimum atomic E-state index is -0.346. The third-order valence-electron chi connectivity index (χ3n) is 4.83. The molecule has 1 aliphatic rings. The number of halogens is 1. The molecule has 0 bridgehead atoms. The van der Waals surface area contributed by atoms with Crippen molar-refractivity contribution in [2.45, 2.75) is 39.0 Å². The number of anilines is 1. The first-order valence-corrected chi connectivity index (χ1v) is 9.66. The van der Waals surface area contributed by atoms with Gasteiger partial charge in [0.25, 0.3) is 0 Å². The summed E-state index contributed by atoms with van der Waals surface area (Å²) in [6, 6.07) is 14.4. The number of benzene rings is 2. The molecule has 1 N–H and O–H groups in total. The first-order chi connectivity index (χ1) is 13.4. The van der Waals surface area contributed by atoms with E-state index in [1.165, 1.54) is 18.2 Å². The third kappa shape index (κ3) is 5.20. The number of ether oxygens (including phenoxy) is 1. The van der Waals surface area contributed by atoms with Crippen molar-refractivity contribution < 1.29 is 13.9 Å². The Bertz CT molecular complexity index is 842. The number of carbonyl (C=O) groups is 1. The summed E-state index contributed by atoms with van der Waals surface area (Å²) < 4.78 is 19.5. The van der Waals surface area contributed by atoms with Crippen LogP contribution in [0.5, 0.6) is 0 Å². The average molecular weight is 382 g/mol. The standard InChI is InChI=1S/C23H27FN2O2/c1-16-14-26(15-17(2)28-16)21-9-6-8-20(13-21)18(3)25-23(27)12-11-19-7-4-5-10-22(19)24/h4-13,16-18H,14-15H2,1-3H3,(H,25,27)/b12-11+/t16?,17?,18-/m0/s1. The van der Waals surface area contributed by atoms with Crippen molar-refractivity contribution >= 4 is 17.7 Å². The highest BCUT2D eigenvalue weighted by Crippen LogP contribution is 2.24. The van der Waals surface area contributed by atoms with Gasteiger partial charge in [0.15, 0.2) is 0 Å². The monoisotopic (exact) mass is 382 g/mol. The summed E-state index contributed by atoms with van der Waals surface area (Å²) in [6.45, 7) is 7.80. The largest absolute Gasteiger partial charge is 0.372 e. The number of amides is 1. The van der Waals surface area contributed by atoms with Crippen molar-refractivity contribution in [1.29, 1.82) is 0 Å². The number of carbonyl (C=O) groups excluding carboxylic acids is 1. The molecular formula is C23H27FN2O2. The lowest BCUT2D eigenvalue weighted by Gasteiger charge is -2.37. The number of hydrogen-bond acceptors (Lipinski definition) is 3. The van der Waals surface area contributed by atoms with E-state index in [0.29, 0.717) is 5.56 Å². The van der Waals surface area contributed by atoms with Crippen LogP contribution in [0.3, 0.4) is 0 Å². The molecule has 0 radical (unpaired) electrons. The second-order valence-electron chi connectivity index (χ2n) is 7.34. The molecule has 2 aromatic carbocycles. The predicted molar refractivity (Wildman–Crippen MR) is 111 cm³/mol. The van der Waals surface area contributed by atoms with Crippen molar-refractivity contribution in [3.8, 4) is 0 Å². The molecular weight excluding hydrogens is 355 g/mol. The second-order valence-corrected chi connectivity index (χ2v) is 7.34. The van der Waals surface area contributed by atoms with Crippen LogP contribution in [0.2, 0.25) is 0 Å². The van der Waals surface area contributed by atoms with Gasteiger partial charge in [-0.1, -0.05) is 30.3 Å². The van der Waals surface area contributed by atoms with Gasteiger partial charge in [-0.25, -0.2) is 4.39 Å². The lowest BCUT2D eigenvalue weighted by Crippen LogP contribution is -2.45. The van der Waals surface area contributed by atoms with Crippen LogP contribution < -0.4 is 10.2 Å². The molecule has 2 aromatic rings. The minimum absolute atomic E-state index is 0.159. The van der Waals surface area contributed by atoms with E-state index < -0.39 is 0 Å². The zero-order chi connectivity index (χ0) is 20.1. The van der Waals surface area contributed by atoms with Crippen LogP contribution in [-0.2, 0) is 9.53 Å². The summed E-state index contributed by atoms with van der Waals surface area (Å²) in [4.78, 5) is 14.6. The molecule has 1 fully saturated rings. The molecule has 1 saturated heterocycles. The first-order valence-electron chi connectivity index (χ1n) is 9.66. The van der Waals surface area contributed by atoms with E-state index in [0.717, 1.165) is 24.3 Å². The fraction of sp³-hybridized carbons (Fsp3) is 0.348. The molecule has 0 aliphatic carbocycles. The highest BCUT2D eigenvalue weighted by Gasteiger charge is 2.22. The number of hydrogen-bond donors (Lipinski definition) is 1. The Kier molecular flexibility index (Phi) is 6.47. The van der Waals surface area contributed by atoms with Gasteiger partial charge in [-0.05, 0) is 50.6 Å². The predicted octanol–water partition coefficient (Wildman–Crippen LogP) is 4.33. The number of morpholine rings is 1. The Morgan fingerprint density at radius 2 is 1.89 bits per heavy atom. The van der Waals surface area contributed by atoms with Crippen LogP contribution in [0.4, 0.5) is 10.1 Å². The summed E-state index contributed by atoms with van der Waals surface area (Å²) in [5.74, 6) is -0.601. The summed E-state index contributed by atoms with van der Waals surface area (Å²) >= 11 is 0. The number of rotatable bonds is 5. The Balaban J connectivity index is 1.65. The van der Waals surface area contributed by atoms with Crippen LogP contribution in [0, 0.1) is 5.82 Å². The molecule has 0 aromatic heterocycles. The quantitative estimate of drug-likeness (QED) is 0.783. The third-order valence-corrected chi connectivity index (χ3v) is 4.83. The van der Waals surface area contributed by atoms with Crippen LogP contribution in [0.25, 0.3) is 6.08 Å². The first kappa shape index (κ1) is 20.1. The highest BCUT2D eigenvalue weighted by atomic mass is 19.1. The molecule has 3 atom stereocenters. The topological polar surface area (TPSA) is 41.6 Å². The number of nitrogens with zero attached hydrogens (tertiary/aromatic N) is 1. The zero-order valence-electron chi connectivity index (χ0n) is 16.6. The second kappa shape index (κ2) is 9.02. The van der Waals surface area contributed by atoms with Gasteiger partial charge < -0.3 is 15.0 Å². The Morgan fingerprint density at radius 1 is 1.18 bits per heavy atom. The van der Waals surface area contributed by atoms with Crippen LogP contribution in [0.15, 0.2) is 54.6 Å². The van der Waals surface area contributed by atoms with Crippen molar-refractivity contribution in [3.05, 3.63) is 71.6 Å². The van der Waals surface area contributed by atoms with Gasteiger partial charge in [-0.3, -0.25) is 4.79 Å². The Morgan fingerprint density at radius 3 is 2.61 bits per heavy atom.